The van der Waals surface area contributed by atoms with Crippen molar-refractivity contribution in [2.24, 2.45) is 0 Å². The molecule has 0 bridgehead atoms. The maximum Gasteiger partial charge on any atom is 0.143 e. The highest BCUT2D eigenvalue weighted by atomic mass is 16.3. The van der Waals surface area contributed by atoms with Crippen molar-refractivity contribution in [1.82, 2.24) is 0 Å². The molecule has 0 saturated heterocycles. The highest BCUT2D eigenvalue weighted by Crippen LogP contribution is 2.44. The third-order valence-electron chi connectivity index (χ3n) is 12.0. The first-order valence-electron chi connectivity index (χ1n) is 20.2. The van der Waals surface area contributed by atoms with E-state index >= 15 is 0 Å². The molecule has 7 aromatic carbocycles. The standard InChI is InChI=1S/C55H45NO2/c1-31-25-34(4)50(35(5)26-31)46-20-10-18-44-42-16-8-14-40(52(42)57-54(44)46)38-13-12-24-56-49-23-22-39(30-48(49)33(3)29-38)41-15-9-17-43-45-19-11-21-47(55(45)58-53(41)43)51-36(6)27-32(2)28-37(51)7/h8-23,25-30,56H,3,24H2,1-2,4-7H3/b13-12-,38-29+. The Morgan fingerprint density at radius 3 is 1.45 bits per heavy atom. The predicted molar refractivity (Wildman–Crippen MR) is 247 cm³/mol. The van der Waals surface area contributed by atoms with Gasteiger partial charge in [0.15, 0.2) is 0 Å². The Morgan fingerprint density at radius 2 is 0.931 bits per heavy atom. The van der Waals surface area contributed by atoms with Gasteiger partial charge in [-0.05, 0) is 110 Å². The van der Waals surface area contributed by atoms with Crippen molar-refractivity contribution in [2.45, 2.75) is 41.5 Å². The highest BCUT2D eigenvalue weighted by Gasteiger charge is 2.21. The Bertz CT molecular complexity index is 3210. The lowest BCUT2D eigenvalue weighted by Gasteiger charge is -2.14. The number of fused-ring (bicyclic) bond motifs is 7. The molecule has 1 N–H and O–H groups in total. The summed E-state index contributed by atoms with van der Waals surface area (Å²) in [6.07, 6.45) is 6.56. The second-order valence-corrected chi connectivity index (χ2v) is 16.1. The molecule has 282 valence electrons. The van der Waals surface area contributed by atoms with Gasteiger partial charge in [-0.1, -0.05) is 133 Å². The van der Waals surface area contributed by atoms with Gasteiger partial charge in [0.25, 0.3) is 0 Å². The lowest BCUT2D eigenvalue weighted by atomic mass is 9.92. The van der Waals surface area contributed by atoms with E-state index in [4.69, 9.17) is 8.83 Å². The number of rotatable bonds is 4. The van der Waals surface area contributed by atoms with Crippen LogP contribution in [0.15, 0.2) is 149 Å². The Labute approximate surface area is 339 Å². The zero-order valence-electron chi connectivity index (χ0n) is 33.9. The van der Waals surface area contributed by atoms with Crippen molar-refractivity contribution in [3.05, 3.63) is 185 Å². The molecule has 2 aromatic heterocycles. The van der Waals surface area contributed by atoms with E-state index in [0.29, 0.717) is 6.54 Å². The van der Waals surface area contributed by atoms with E-state index < -0.39 is 0 Å². The van der Waals surface area contributed by atoms with E-state index in [-0.39, 0.29) is 0 Å². The van der Waals surface area contributed by atoms with Gasteiger partial charge in [-0.2, -0.15) is 0 Å². The number of furan rings is 2. The molecule has 58 heavy (non-hydrogen) atoms. The number of hydrogen-bond acceptors (Lipinski definition) is 3. The minimum Gasteiger partial charge on any atom is -0.455 e. The molecule has 10 rings (SSSR count). The van der Waals surface area contributed by atoms with Crippen LogP contribution >= 0.6 is 0 Å². The van der Waals surface area contributed by atoms with E-state index in [1.54, 1.807) is 0 Å². The zero-order valence-corrected chi connectivity index (χ0v) is 33.9. The van der Waals surface area contributed by atoms with Gasteiger partial charge in [0, 0.05) is 61.6 Å². The average Bonchev–Trinajstić information content (AvgIpc) is 3.79. The average molecular weight is 752 g/mol. The van der Waals surface area contributed by atoms with Crippen LogP contribution in [0.3, 0.4) is 0 Å². The number of nitrogens with one attached hydrogen (secondary N) is 1. The quantitative estimate of drug-likeness (QED) is 0.195. The minimum atomic E-state index is 0.670. The smallest absolute Gasteiger partial charge is 0.143 e. The van der Waals surface area contributed by atoms with Crippen molar-refractivity contribution in [3.8, 4) is 33.4 Å². The van der Waals surface area contributed by atoms with Gasteiger partial charge in [0.1, 0.15) is 22.3 Å². The van der Waals surface area contributed by atoms with Gasteiger partial charge in [0.05, 0.1) is 0 Å². The lowest BCUT2D eigenvalue weighted by molar-refractivity contribution is 0.668. The molecule has 1 aliphatic rings. The topological polar surface area (TPSA) is 38.3 Å². The first kappa shape index (κ1) is 35.6. The Hall–Kier alpha value is -6.84. The van der Waals surface area contributed by atoms with Gasteiger partial charge in [-0.15, -0.1) is 0 Å². The van der Waals surface area contributed by atoms with Gasteiger partial charge >= 0.3 is 0 Å². The lowest BCUT2D eigenvalue weighted by Crippen LogP contribution is -2.01. The number of allylic oxidation sites excluding steroid dienone is 4. The third kappa shape index (κ3) is 5.72. The Morgan fingerprint density at radius 1 is 0.483 bits per heavy atom. The summed E-state index contributed by atoms with van der Waals surface area (Å²) in [5, 5.41) is 8.11. The van der Waals surface area contributed by atoms with Crippen LogP contribution in [0.25, 0.3) is 88.4 Å². The van der Waals surface area contributed by atoms with Crippen LogP contribution in [0.2, 0.25) is 0 Å². The molecule has 3 nitrogen and oxygen atoms in total. The normalized spacial score (nSPS) is 14.6. The fraction of sp³-hybridized carbons (Fsp3) is 0.127. The van der Waals surface area contributed by atoms with Crippen molar-refractivity contribution in [3.63, 3.8) is 0 Å². The van der Waals surface area contributed by atoms with E-state index in [0.717, 1.165) is 94.1 Å². The Balaban J connectivity index is 1.09. The molecule has 0 saturated carbocycles. The van der Waals surface area contributed by atoms with Crippen molar-refractivity contribution in [1.29, 1.82) is 0 Å². The number of anilines is 1. The van der Waals surface area contributed by atoms with Gasteiger partial charge < -0.3 is 14.2 Å². The maximum absolute atomic E-state index is 6.94. The monoisotopic (exact) mass is 751 g/mol. The molecule has 0 fully saturated rings. The van der Waals surface area contributed by atoms with Crippen LogP contribution in [0, 0.1) is 41.5 Å². The molecule has 0 amide bonds. The summed E-state index contributed by atoms with van der Waals surface area (Å²) in [5.74, 6) is 0. The van der Waals surface area contributed by atoms with Gasteiger partial charge in [-0.3, -0.25) is 0 Å². The van der Waals surface area contributed by atoms with Crippen molar-refractivity contribution >= 4 is 60.7 Å². The molecule has 1 aliphatic heterocycles. The number of aryl methyl sites for hydroxylation is 6. The minimum absolute atomic E-state index is 0.670. The van der Waals surface area contributed by atoms with E-state index in [2.05, 4.69) is 187 Å². The fourth-order valence-electron chi connectivity index (χ4n) is 9.67. The Kier molecular flexibility index (Phi) is 8.38. The molecule has 0 spiro atoms. The van der Waals surface area contributed by atoms with Gasteiger partial charge in [-0.25, -0.2) is 0 Å². The predicted octanol–water partition coefficient (Wildman–Crippen LogP) is 15.4. The molecule has 0 atom stereocenters. The van der Waals surface area contributed by atoms with E-state index in [1.165, 1.54) is 44.5 Å². The molecule has 3 heterocycles. The zero-order chi connectivity index (χ0) is 39.8. The van der Waals surface area contributed by atoms with Crippen LogP contribution < -0.4 is 5.32 Å². The highest BCUT2D eigenvalue weighted by molar-refractivity contribution is 6.15. The van der Waals surface area contributed by atoms with E-state index in [9.17, 15) is 0 Å². The number of hydrogen-bond donors (Lipinski definition) is 1. The number of benzene rings is 7. The summed E-state index contributed by atoms with van der Waals surface area (Å²) in [6, 6.07) is 41.6. The molecular weight excluding hydrogens is 707 g/mol. The second kappa shape index (κ2) is 13.7. The van der Waals surface area contributed by atoms with Crippen LogP contribution in [-0.4, -0.2) is 6.54 Å². The van der Waals surface area contributed by atoms with Gasteiger partial charge in [0.2, 0.25) is 0 Å². The van der Waals surface area contributed by atoms with Crippen LogP contribution in [-0.2, 0) is 0 Å². The molecule has 0 aliphatic carbocycles. The summed E-state index contributed by atoms with van der Waals surface area (Å²) < 4.78 is 13.9. The van der Waals surface area contributed by atoms with Crippen molar-refractivity contribution in [2.75, 3.05) is 11.9 Å². The van der Waals surface area contributed by atoms with Crippen LogP contribution in [0.1, 0.15) is 44.5 Å². The first-order chi connectivity index (χ1) is 28.1. The molecule has 9 aromatic rings. The largest absolute Gasteiger partial charge is 0.455 e. The first-order valence-corrected chi connectivity index (χ1v) is 20.2. The molecule has 0 radical (unpaired) electrons. The van der Waals surface area contributed by atoms with Crippen LogP contribution in [0.5, 0.6) is 0 Å². The summed E-state index contributed by atoms with van der Waals surface area (Å²) in [6.45, 7) is 18.4. The fourth-order valence-corrected chi connectivity index (χ4v) is 9.67. The molecule has 0 unspecified atom stereocenters. The third-order valence-corrected chi connectivity index (χ3v) is 12.0. The maximum atomic E-state index is 6.94. The summed E-state index contributed by atoms with van der Waals surface area (Å²) in [4.78, 5) is 0. The number of para-hydroxylation sites is 4. The molecular formula is C55H45NO2. The summed E-state index contributed by atoms with van der Waals surface area (Å²) in [7, 11) is 0. The molecule has 3 heteroatoms. The van der Waals surface area contributed by atoms with Crippen LogP contribution in [0.4, 0.5) is 5.69 Å². The van der Waals surface area contributed by atoms with E-state index in [1.807, 2.05) is 0 Å². The summed E-state index contributed by atoms with van der Waals surface area (Å²) in [5.41, 5.74) is 23.1. The second-order valence-electron chi connectivity index (χ2n) is 16.1. The van der Waals surface area contributed by atoms with Crippen molar-refractivity contribution < 1.29 is 8.83 Å². The SMILES string of the molecule is C=C1/C=C(c2cccc3c2oc2c(-c4c(C)cc(C)cc4C)cccc23)\C=C/CNc2ccc(-c3cccc4c3oc3c(-c5c(C)cc(C)cc5C)cccc34)cc21. The summed E-state index contributed by atoms with van der Waals surface area (Å²) >= 11 is 0.